The van der Waals surface area contributed by atoms with Crippen molar-refractivity contribution in [2.24, 2.45) is 0 Å². The predicted octanol–water partition coefficient (Wildman–Crippen LogP) is 10.9. The van der Waals surface area contributed by atoms with Gasteiger partial charge in [-0.2, -0.15) is 0 Å². The molecular formula is C48H82NO10P. The van der Waals surface area contributed by atoms with Crippen LogP contribution in [0.3, 0.4) is 0 Å². The molecule has 1 fully saturated rings. The Morgan fingerprint density at radius 2 is 1.33 bits per heavy atom. The van der Waals surface area contributed by atoms with E-state index in [9.17, 15) is 19.0 Å². The maximum Gasteiger partial charge on any atom is 0.306 e. The third-order valence-electron chi connectivity index (χ3n) is 10.8. The van der Waals surface area contributed by atoms with E-state index < -0.39 is 32.5 Å². The molecule has 1 saturated heterocycles. The smallest absolute Gasteiger partial charge is 0.306 e. The number of furan rings is 1. The third-order valence-corrected chi connectivity index (χ3v) is 11.7. The molecule has 0 radical (unpaired) electrons. The zero-order chi connectivity index (χ0) is 44.1. The summed E-state index contributed by atoms with van der Waals surface area (Å²) in [6, 6.07) is 0. The molecule has 0 amide bonds. The maximum atomic E-state index is 12.7. The molecule has 1 aliphatic heterocycles. The zero-order valence-electron chi connectivity index (χ0n) is 38.6. The van der Waals surface area contributed by atoms with Gasteiger partial charge in [0.2, 0.25) is 0 Å². The number of carbonyl (C=O) groups excluding carboxylic acids is 2. The zero-order valence-corrected chi connectivity index (χ0v) is 39.5. The Hall–Kier alpha value is -2.53. The van der Waals surface area contributed by atoms with Crippen LogP contribution in [0.2, 0.25) is 0 Å². The first-order valence-electron chi connectivity index (χ1n) is 23.2. The van der Waals surface area contributed by atoms with Crippen LogP contribution < -0.4 is 4.89 Å². The van der Waals surface area contributed by atoms with Gasteiger partial charge >= 0.3 is 11.9 Å². The number of allylic oxidation sites excluding steroid dienone is 5. The Bertz CT molecular complexity index is 1460. The Kier molecular flexibility index (Phi) is 28.0. The van der Waals surface area contributed by atoms with Crippen LogP contribution in [0.25, 0.3) is 0 Å². The lowest BCUT2D eigenvalue weighted by atomic mass is 10.0. The summed E-state index contributed by atoms with van der Waals surface area (Å²) in [5, 5.41) is 0. The van der Waals surface area contributed by atoms with Gasteiger partial charge in [-0.05, 0) is 82.8 Å². The first-order valence-corrected chi connectivity index (χ1v) is 24.6. The highest BCUT2D eigenvalue weighted by molar-refractivity contribution is 7.45. The van der Waals surface area contributed by atoms with Gasteiger partial charge in [0.1, 0.15) is 31.3 Å². The molecule has 2 heterocycles. The van der Waals surface area contributed by atoms with Crippen molar-refractivity contribution in [2.75, 3.05) is 47.5 Å². The van der Waals surface area contributed by atoms with Crippen molar-refractivity contribution in [3.63, 3.8) is 0 Å². The molecule has 60 heavy (non-hydrogen) atoms. The van der Waals surface area contributed by atoms with Crippen molar-refractivity contribution in [1.29, 1.82) is 0 Å². The minimum atomic E-state index is -4.66. The van der Waals surface area contributed by atoms with E-state index in [1.807, 2.05) is 27.2 Å². The fraction of sp³-hybridized carbons (Fsp3) is 0.750. The molecule has 12 heteroatoms. The Labute approximate surface area is 363 Å². The Morgan fingerprint density at radius 3 is 2.00 bits per heavy atom. The normalized spacial score (nSPS) is 17.2. The predicted molar refractivity (Wildman–Crippen MR) is 239 cm³/mol. The SMILES string of the molecule is CCCCCC1OC1C/C=C\C/C=C\C/C=C\CCCC(=O)OC[C@H](COP(=O)([O-])OCC[N+](C)(C)C)OC(=O)CCCCCCCCCCc1oc(CCC)c(C)c1C. The lowest BCUT2D eigenvalue weighted by Gasteiger charge is -2.28. The van der Waals surface area contributed by atoms with Gasteiger partial charge in [-0.3, -0.25) is 14.2 Å². The van der Waals surface area contributed by atoms with Gasteiger partial charge in [0.05, 0.1) is 40.0 Å². The van der Waals surface area contributed by atoms with Crippen molar-refractivity contribution in [2.45, 2.75) is 187 Å². The first kappa shape index (κ1) is 53.6. The number of epoxide rings is 1. The van der Waals surface area contributed by atoms with Gasteiger partial charge in [0.15, 0.2) is 6.10 Å². The fourth-order valence-corrected chi connectivity index (χ4v) is 7.52. The van der Waals surface area contributed by atoms with Crippen molar-refractivity contribution in [1.82, 2.24) is 0 Å². The number of ether oxygens (including phenoxy) is 3. The molecule has 0 N–H and O–H groups in total. The van der Waals surface area contributed by atoms with Crippen LogP contribution in [0.5, 0.6) is 0 Å². The number of hydrogen-bond acceptors (Lipinski definition) is 10. The van der Waals surface area contributed by atoms with E-state index in [-0.39, 0.29) is 26.1 Å². The van der Waals surface area contributed by atoms with Crippen molar-refractivity contribution in [3.05, 3.63) is 59.1 Å². The van der Waals surface area contributed by atoms with Crippen LogP contribution in [0.15, 0.2) is 40.9 Å². The number of likely N-dealkylation sites (N-methyl/N-ethyl adjacent to an activating group) is 1. The highest BCUT2D eigenvalue weighted by Crippen LogP contribution is 2.38. The standard InChI is InChI=1S/C48H82NO10P/c1-8-10-25-32-45-46(59-45)33-27-22-18-13-11-12-14-19-23-28-34-47(50)54-38-42(39-56-60(52,53)55-37-36-49(5,6)7)57-48(51)35-29-24-20-16-15-17-21-26-31-44-41(4)40(3)43(58-44)30-9-2/h11,13-14,19,22,27,42,45-46H,8-10,12,15-18,20-21,23-26,28-39H2,1-7H3/b13-11-,19-14-,27-22-/t42-,45?,46?/m1/s1. The third kappa shape index (κ3) is 26.7. The monoisotopic (exact) mass is 864 g/mol. The van der Waals surface area contributed by atoms with Crippen molar-refractivity contribution >= 4 is 19.8 Å². The second-order valence-corrected chi connectivity index (χ2v) is 18.8. The summed E-state index contributed by atoms with van der Waals surface area (Å²) in [5.74, 6) is 1.35. The molecule has 1 aliphatic rings. The topological polar surface area (TPSA) is 137 Å². The Balaban J connectivity index is 1.63. The molecule has 1 aromatic heterocycles. The second kappa shape index (κ2) is 31.3. The van der Waals surface area contributed by atoms with E-state index in [1.54, 1.807) is 0 Å². The summed E-state index contributed by atoms with van der Waals surface area (Å²) in [4.78, 5) is 37.7. The molecule has 0 saturated carbocycles. The fourth-order valence-electron chi connectivity index (χ4n) is 6.79. The van der Waals surface area contributed by atoms with Gasteiger partial charge in [0.25, 0.3) is 7.82 Å². The van der Waals surface area contributed by atoms with Crippen LogP contribution >= 0.6 is 7.82 Å². The van der Waals surface area contributed by atoms with E-state index in [4.69, 9.17) is 27.7 Å². The number of phosphoric acid groups is 1. The minimum Gasteiger partial charge on any atom is -0.756 e. The van der Waals surface area contributed by atoms with E-state index >= 15 is 0 Å². The van der Waals surface area contributed by atoms with Crippen molar-refractivity contribution in [3.8, 4) is 0 Å². The number of carbonyl (C=O) groups is 2. The quantitative estimate of drug-likeness (QED) is 0.0159. The second-order valence-electron chi connectivity index (χ2n) is 17.4. The minimum absolute atomic E-state index is 0.0493. The van der Waals surface area contributed by atoms with Gasteiger partial charge in [0, 0.05) is 25.7 Å². The maximum absolute atomic E-state index is 12.7. The molecule has 11 nitrogen and oxygen atoms in total. The summed E-state index contributed by atoms with van der Waals surface area (Å²) in [5.41, 5.74) is 2.61. The molecule has 344 valence electrons. The van der Waals surface area contributed by atoms with Crippen LogP contribution in [-0.2, 0) is 50.3 Å². The highest BCUT2D eigenvalue weighted by atomic mass is 31.2. The first-order chi connectivity index (χ1) is 28.7. The number of nitrogens with zero attached hydrogens (tertiary/aromatic N) is 1. The number of unbranched alkanes of at least 4 members (excludes halogenated alkanes) is 10. The van der Waals surface area contributed by atoms with Gasteiger partial charge < -0.3 is 37.1 Å². The highest BCUT2D eigenvalue weighted by Gasteiger charge is 2.36. The molecule has 0 bridgehead atoms. The number of aryl methyl sites for hydroxylation is 2. The van der Waals surface area contributed by atoms with Crippen LogP contribution in [0, 0.1) is 13.8 Å². The van der Waals surface area contributed by atoms with Gasteiger partial charge in [-0.15, -0.1) is 0 Å². The number of phosphoric ester groups is 1. The molecule has 2 rings (SSSR count). The van der Waals surface area contributed by atoms with Crippen molar-refractivity contribution < 1.29 is 51.2 Å². The van der Waals surface area contributed by atoms with E-state index in [0.717, 1.165) is 88.6 Å². The average molecular weight is 864 g/mol. The molecule has 1 aromatic rings. The number of rotatable bonds is 37. The van der Waals surface area contributed by atoms with Crippen LogP contribution in [0.4, 0.5) is 0 Å². The van der Waals surface area contributed by atoms with E-state index in [1.165, 1.54) is 49.7 Å². The lowest BCUT2D eigenvalue weighted by molar-refractivity contribution is -0.870. The number of esters is 2. The Morgan fingerprint density at radius 1 is 0.717 bits per heavy atom. The molecule has 3 unspecified atom stereocenters. The van der Waals surface area contributed by atoms with Crippen LogP contribution in [0.1, 0.15) is 165 Å². The van der Waals surface area contributed by atoms with Gasteiger partial charge in [-0.25, -0.2) is 0 Å². The molecular weight excluding hydrogens is 781 g/mol. The summed E-state index contributed by atoms with van der Waals surface area (Å²) in [7, 11) is 1.10. The average Bonchev–Trinajstić information content (AvgIpc) is 3.89. The molecule has 0 spiro atoms. The van der Waals surface area contributed by atoms with E-state index in [0.29, 0.717) is 36.1 Å². The summed E-state index contributed by atoms with van der Waals surface area (Å²) >= 11 is 0. The summed E-state index contributed by atoms with van der Waals surface area (Å²) in [6.45, 7) is 8.34. The summed E-state index contributed by atoms with van der Waals surface area (Å²) < 4.78 is 45.8. The largest absolute Gasteiger partial charge is 0.756 e. The molecule has 4 atom stereocenters. The van der Waals surface area contributed by atoms with Crippen LogP contribution in [-0.4, -0.2) is 82.2 Å². The number of quaternary nitrogens is 1. The summed E-state index contributed by atoms with van der Waals surface area (Å²) in [6.07, 6.45) is 33.4. The van der Waals surface area contributed by atoms with E-state index in [2.05, 4.69) is 58.1 Å². The number of hydrogen-bond donors (Lipinski definition) is 0. The van der Waals surface area contributed by atoms with Gasteiger partial charge in [-0.1, -0.05) is 108 Å². The lowest BCUT2D eigenvalue weighted by Crippen LogP contribution is -2.37. The molecule has 0 aromatic carbocycles. The molecule has 0 aliphatic carbocycles.